The van der Waals surface area contributed by atoms with Gasteiger partial charge in [0, 0.05) is 6.54 Å². The highest BCUT2D eigenvalue weighted by Crippen LogP contribution is 2.25. The molecule has 2 rings (SSSR count). The molecule has 0 saturated carbocycles. The van der Waals surface area contributed by atoms with Gasteiger partial charge in [0.2, 0.25) is 11.1 Å². The topological polar surface area (TPSA) is 72.7 Å². The van der Waals surface area contributed by atoms with Crippen LogP contribution >= 0.6 is 11.8 Å². The maximum atomic E-state index is 11.8. The van der Waals surface area contributed by atoms with Gasteiger partial charge in [0.25, 0.3) is 0 Å². The van der Waals surface area contributed by atoms with E-state index in [4.69, 9.17) is 0 Å². The molecule has 2 heterocycles. The van der Waals surface area contributed by atoms with Crippen LogP contribution in [-0.4, -0.2) is 37.9 Å². The van der Waals surface area contributed by atoms with E-state index in [9.17, 15) is 4.79 Å². The van der Waals surface area contributed by atoms with E-state index < -0.39 is 0 Å². The van der Waals surface area contributed by atoms with E-state index in [1.54, 1.807) is 10.8 Å². The second-order valence-electron chi connectivity index (χ2n) is 3.83. The van der Waals surface area contributed by atoms with Gasteiger partial charge in [-0.25, -0.2) is 4.68 Å². The number of nitrogens with one attached hydrogen (secondary N) is 1. The van der Waals surface area contributed by atoms with Crippen molar-refractivity contribution in [3.8, 4) is 0 Å². The van der Waals surface area contributed by atoms with Crippen LogP contribution in [0.3, 0.4) is 0 Å². The lowest BCUT2D eigenvalue weighted by atomic mass is 10.2. The van der Waals surface area contributed by atoms with E-state index in [0.717, 1.165) is 25.8 Å². The molecule has 1 amide bonds. The molecule has 1 aromatic rings. The van der Waals surface area contributed by atoms with E-state index in [0.29, 0.717) is 11.7 Å². The third-order valence-electron chi connectivity index (χ3n) is 2.53. The molecule has 6 nitrogen and oxygen atoms in total. The summed E-state index contributed by atoms with van der Waals surface area (Å²) in [6.45, 7) is 4.98. The molecule has 7 heteroatoms. The Hall–Kier alpha value is -1.37. The van der Waals surface area contributed by atoms with Gasteiger partial charge in [0.05, 0.1) is 11.8 Å². The van der Waals surface area contributed by atoms with Crippen LogP contribution in [-0.2, 0) is 11.3 Å². The number of hydrogen-bond acceptors (Lipinski definition) is 5. The molecule has 0 aliphatic carbocycles. The highest BCUT2D eigenvalue weighted by molar-refractivity contribution is 8.00. The van der Waals surface area contributed by atoms with Gasteiger partial charge >= 0.3 is 0 Å². The van der Waals surface area contributed by atoms with Crippen LogP contribution in [0.15, 0.2) is 17.8 Å². The van der Waals surface area contributed by atoms with Crippen molar-refractivity contribution in [2.75, 3.05) is 6.54 Å². The van der Waals surface area contributed by atoms with Crippen molar-refractivity contribution in [3.63, 3.8) is 0 Å². The molecule has 1 aliphatic rings. The second-order valence-corrected chi connectivity index (χ2v) is 5.00. The van der Waals surface area contributed by atoms with Crippen molar-refractivity contribution < 1.29 is 4.79 Å². The molecule has 1 fully saturated rings. The standard InChI is InChI=1S/C10H15N5OS/c1-2-7-15-10(12-13-14-15)17-8-5-3-4-6-11-9(8)16/h2,8H,1,3-7H2,(H,11,16). The monoisotopic (exact) mass is 253 g/mol. The number of hydrogen-bond donors (Lipinski definition) is 1. The summed E-state index contributed by atoms with van der Waals surface area (Å²) in [5.41, 5.74) is 0. The fourth-order valence-corrected chi connectivity index (χ4v) is 2.71. The summed E-state index contributed by atoms with van der Waals surface area (Å²) in [4.78, 5) is 11.8. The fourth-order valence-electron chi connectivity index (χ4n) is 1.67. The number of allylic oxidation sites excluding steroid dienone is 1. The van der Waals surface area contributed by atoms with Crippen LogP contribution in [0, 0.1) is 0 Å². The molecule has 0 aromatic carbocycles. The van der Waals surface area contributed by atoms with Crippen LogP contribution in [0.5, 0.6) is 0 Å². The SMILES string of the molecule is C=CCn1nnnc1SC1CCCCNC1=O. The molecule has 92 valence electrons. The zero-order chi connectivity index (χ0) is 12.1. The summed E-state index contributed by atoms with van der Waals surface area (Å²) in [6, 6.07) is 0. The maximum absolute atomic E-state index is 11.8. The van der Waals surface area contributed by atoms with Crippen LogP contribution in [0.2, 0.25) is 0 Å². The molecular weight excluding hydrogens is 238 g/mol. The summed E-state index contributed by atoms with van der Waals surface area (Å²) in [5, 5.41) is 14.9. The minimum Gasteiger partial charge on any atom is -0.355 e. The number of amides is 1. The number of rotatable bonds is 4. The molecule has 1 unspecified atom stereocenters. The maximum Gasteiger partial charge on any atom is 0.233 e. The lowest BCUT2D eigenvalue weighted by Crippen LogP contribution is -2.30. The second kappa shape index (κ2) is 5.81. The number of tetrazole rings is 1. The van der Waals surface area contributed by atoms with E-state index >= 15 is 0 Å². The zero-order valence-electron chi connectivity index (χ0n) is 9.50. The highest BCUT2D eigenvalue weighted by Gasteiger charge is 2.24. The van der Waals surface area contributed by atoms with Crippen molar-refractivity contribution >= 4 is 17.7 Å². The Morgan fingerprint density at radius 1 is 1.59 bits per heavy atom. The number of nitrogens with zero attached hydrogens (tertiary/aromatic N) is 4. The lowest BCUT2D eigenvalue weighted by Gasteiger charge is -2.11. The van der Waals surface area contributed by atoms with Gasteiger partial charge in [-0.15, -0.1) is 11.7 Å². The minimum atomic E-state index is -0.0907. The molecular formula is C10H15N5OS. The van der Waals surface area contributed by atoms with Crippen LogP contribution in [0.4, 0.5) is 0 Å². The predicted octanol–water partition coefficient (Wildman–Crippen LogP) is 0.620. The Kier molecular flexibility index (Phi) is 4.13. The molecule has 17 heavy (non-hydrogen) atoms. The van der Waals surface area contributed by atoms with Gasteiger partial charge in [-0.1, -0.05) is 24.3 Å². The first-order valence-corrected chi connectivity index (χ1v) is 6.50. The smallest absolute Gasteiger partial charge is 0.233 e. The minimum absolute atomic E-state index is 0.0839. The van der Waals surface area contributed by atoms with E-state index in [1.807, 2.05) is 0 Å². The van der Waals surface area contributed by atoms with Crippen molar-refractivity contribution in [2.45, 2.75) is 36.2 Å². The first-order chi connectivity index (χ1) is 8.31. The Morgan fingerprint density at radius 2 is 2.47 bits per heavy atom. The van der Waals surface area contributed by atoms with E-state index in [2.05, 4.69) is 27.4 Å². The number of carbonyl (C=O) groups excluding carboxylic acids is 1. The molecule has 1 aromatic heterocycles. The average Bonchev–Trinajstić information content (AvgIpc) is 2.64. The quantitative estimate of drug-likeness (QED) is 0.796. The van der Waals surface area contributed by atoms with Gasteiger partial charge < -0.3 is 5.32 Å². The number of aromatic nitrogens is 4. The molecule has 1 aliphatic heterocycles. The van der Waals surface area contributed by atoms with Crippen molar-refractivity contribution in [1.29, 1.82) is 0 Å². The van der Waals surface area contributed by atoms with Gasteiger partial charge in [0.15, 0.2) is 0 Å². The zero-order valence-corrected chi connectivity index (χ0v) is 10.3. The highest BCUT2D eigenvalue weighted by atomic mass is 32.2. The summed E-state index contributed by atoms with van der Waals surface area (Å²) in [5.74, 6) is 0.0839. The Morgan fingerprint density at radius 3 is 3.29 bits per heavy atom. The normalized spacial score (nSPS) is 20.7. The first-order valence-electron chi connectivity index (χ1n) is 5.62. The molecule has 0 radical (unpaired) electrons. The summed E-state index contributed by atoms with van der Waals surface area (Å²) in [6.07, 6.45) is 4.70. The van der Waals surface area contributed by atoms with Gasteiger partial charge in [-0.2, -0.15) is 0 Å². The Labute approximate surface area is 104 Å². The molecule has 1 atom stereocenters. The molecule has 0 spiro atoms. The molecule has 1 saturated heterocycles. The number of carbonyl (C=O) groups is 1. The van der Waals surface area contributed by atoms with Crippen LogP contribution in [0.1, 0.15) is 19.3 Å². The van der Waals surface area contributed by atoms with E-state index in [1.165, 1.54) is 11.8 Å². The van der Waals surface area contributed by atoms with Crippen LogP contribution < -0.4 is 5.32 Å². The van der Waals surface area contributed by atoms with Gasteiger partial charge in [-0.3, -0.25) is 4.79 Å². The first kappa shape index (κ1) is 12.1. The Balaban J connectivity index is 2.05. The largest absolute Gasteiger partial charge is 0.355 e. The van der Waals surface area contributed by atoms with Crippen molar-refractivity contribution in [2.24, 2.45) is 0 Å². The van der Waals surface area contributed by atoms with Gasteiger partial charge in [-0.05, 0) is 23.3 Å². The molecule has 1 N–H and O–H groups in total. The fraction of sp³-hybridized carbons (Fsp3) is 0.600. The van der Waals surface area contributed by atoms with Crippen molar-refractivity contribution in [3.05, 3.63) is 12.7 Å². The number of thioether (sulfide) groups is 1. The van der Waals surface area contributed by atoms with Crippen molar-refractivity contribution in [1.82, 2.24) is 25.5 Å². The van der Waals surface area contributed by atoms with Gasteiger partial charge in [0.1, 0.15) is 0 Å². The van der Waals surface area contributed by atoms with E-state index in [-0.39, 0.29) is 11.2 Å². The average molecular weight is 253 g/mol. The Bertz CT molecular complexity index is 405. The summed E-state index contributed by atoms with van der Waals surface area (Å²) in [7, 11) is 0. The van der Waals surface area contributed by atoms with Crippen LogP contribution in [0.25, 0.3) is 0 Å². The third-order valence-corrected chi connectivity index (χ3v) is 3.77. The predicted molar refractivity (Wildman–Crippen MR) is 64.5 cm³/mol. The summed E-state index contributed by atoms with van der Waals surface area (Å²) >= 11 is 1.43. The third kappa shape index (κ3) is 3.06. The molecule has 0 bridgehead atoms. The lowest BCUT2D eigenvalue weighted by molar-refractivity contribution is -0.120. The summed E-state index contributed by atoms with van der Waals surface area (Å²) < 4.78 is 1.65.